The minimum atomic E-state index is -0.935. The van der Waals surface area contributed by atoms with E-state index in [1.54, 1.807) is 6.92 Å². The molecule has 1 atom stereocenters. The third-order valence-corrected chi connectivity index (χ3v) is 3.35. The first kappa shape index (κ1) is 13.7. The van der Waals surface area contributed by atoms with Gasteiger partial charge in [-0.2, -0.15) is 5.26 Å². The van der Waals surface area contributed by atoms with Crippen LogP contribution in [-0.2, 0) is 11.3 Å². The first-order valence-electron chi connectivity index (χ1n) is 5.46. The highest BCUT2D eigenvalue weighted by atomic mass is 79.9. The molecule has 90 valence electrons. The van der Waals surface area contributed by atoms with Crippen LogP contribution in [0.25, 0.3) is 0 Å². The van der Waals surface area contributed by atoms with Crippen LogP contribution in [0.5, 0.6) is 0 Å². The Morgan fingerprint density at radius 2 is 2.06 bits per heavy atom. The molecule has 0 aliphatic rings. The highest BCUT2D eigenvalue weighted by molar-refractivity contribution is 9.10. The van der Waals surface area contributed by atoms with E-state index in [0.717, 1.165) is 10.0 Å². The number of rotatable bonds is 4. The van der Waals surface area contributed by atoms with Gasteiger partial charge in [-0.15, -0.1) is 0 Å². The molecule has 1 aromatic carbocycles. The molecule has 1 unspecified atom stereocenters. The minimum absolute atomic E-state index is 0.217. The van der Waals surface area contributed by atoms with E-state index in [-0.39, 0.29) is 5.91 Å². The van der Waals surface area contributed by atoms with Gasteiger partial charge in [0, 0.05) is 11.0 Å². The van der Waals surface area contributed by atoms with Gasteiger partial charge in [0.15, 0.2) is 0 Å². The monoisotopic (exact) mass is 294 g/mol. The Kier molecular flexibility index (Phi) is 4.71. The van der Waals surface area contributed by atoms with Gasteiger partial charge in [-0.3, -0.25) is 4.79 Å². The molecule has 4 heteroatoms. The van der Waals surface area contributed by atoms with Crippen LogP contribution in [0.2, 0.25) is 0 Å². The minimum Gasteiger partial charge on any atom is -0.351 e. The van der Waals surface area contributed by atoms with Crippen molar-refractivity contribution in [3.8, 4) is 6.07 Å². The smallest absolute Gasteiger partial charge is 0.240 e. The summed E-state index contributed by atoms with van der Waals surface area (Å²) in [4.78, 5) is 11.8. The number of nitrogens with zero attached hydrogens (tertiary/aromatic N) is 1. The number of carbonyl (C=O) groups excluding carboxylic acids is 1. The van der Waals surface area contributed by atoms with Crippen LogP contribution in [0.3, 0.4) is 0 Å². The van der Waals surface area contributed by atoms with Gasteiger partial charge in [0.1, 0.15) is 5.41 Å². The Morgan fingerprint density at radius 3 is 2.53 bits per heavy atom. The maximum Gasteiger partial charge on any atom is 0.240 e. The van der Waals surface area contributed by atoms with Gasteiger partial charge in [-0.1, -0.05) is 35.0 Å². The van der Waals surface area contributed by atoms with Gasteiger partial charge in [0.05, 0.1) is 6.07 Å². The molecular formula is C13H15BrN2O. The Hall–Kier alpha value is -1.34. The van der Waals surface area contributed by atoms with E-state index in [2.05, 4.69) is 27.3 Å². The number of nitriles is 1. The van der Waals surface area contributed by atoms with Crippen LogP contribution in [0.4, 0.5) is 0 Å². The topological polar surface area (TPSA) is 52.9 Å². The number of benzene rings is 1. The summed E-state index contributed by atoms with van der Waals surface area (Å²) < 4.78 is 1.00. The average Bonchev–Trinajstić information content (AvgIpc) is 2.36. The summed E-state index contributed by atoms with van der Waals surface area (Å²) in [6.07, 6.45) is 0.510. The van der Waals surface area contributed by atoms with Crippen molar-refractivity contribution in [2.75, 3.05) is 0 Å². The zero-order valence-electron chi connectivity index (χ0n) is 9.96. The maximum absolute atomic E-state index is 11.8. The van der Waals surface area contributed by atoms with E-state index < -0.39 is 5.41 Å². The third-order valence-electron chi connectivity index (χ3n) is 2.82. The standard InChI is InChI=1S/C13H15BrN2O/c1-3-13(2,9-15)12(17)16-8-10-4-6-11(14)7-5-10/h4-7H,3,8H2,1-2H3,(H,16,17). The van der Waals surface area contributed by atoms with Crippen molar-refractivity contribution in [2.24, 2.45) is 5.41 Å². The van der Waals surface area contributed by atoms with Crippen LogP contribution in [0, 0.1) is 16.7 Å². The number of halogens is 1. The fourth-order valence-electron chi connectivity index (χ4n) is 1.27. The van der Waals surface area contributed by atoms with Crippen molar-refractivity contribution in [3.05, 3.63) is 34.3 Å². The van der Waals surface area contributed by atoms with E-state index >= 15 is 0 Å². The van der Waals surface area contributed by atoms with Gasteiger partial charge < -0.3 is 5.32 Å². The fraction of sp³-hybridized carbons (Fsp3) is 0.385. The first-order chi connectivity index (χ1) is 8.01. The van der Waals surface area contributed by atoms with E-state index in [1.165, 1.54) is 0 Å². The molecule has 0 bridgehead atoms. The summed E-state index contributed by atoms with van der Waals surface area (Å²) in [7, 11) is 0. The van der Waals surface area contributed by atoms with Crippen molar-refractivity contribution in [2.45, 2.75) is 26.8 Å². The van der Waals surface area contributed by atoms with Gasteiger partial charge in [-0.25, -0.2) is 0 Å². The Balaban J connectivity index is 2.60. The molecule has 0 saturated heterocycles. The molecule has 0 heterocycles. The van der Waals surface area contributed by atoms with Crippen LogP contribution in [-0.4, -0.2) is 5.91 Å². The second-order valence-corrected chi connectivity index (χ2v) is 5.02. The van der Waals surface area contributed by atoms with Crippen LogP contribution >= 0.6 is 15.9 Å². The molecule has 0 spiro atoms. The lowest BCUT2D eigenvalue weighted by atomic mass is 9.88. The Morgan fingerprint density at radius 1 is 1.47 bits per heavy atom. The Bertz CT molecular complexity index is 436. The molecular weight excluding hydrogens is 280 g/mol. The van der Waals surface area contributed by atoms with E-state index in [4.69, 9.17) is 5.26 Å². The Labute approximate surface area is 110 Å². The molecule has 0 aliphatic heterocycles. The number of amides is 1. The number of hydrogen-bond acceptors (Lipinski definition) is 2. The molecule has 1 rings (SSSR count). The number of hydrogen-bond donors (Lipinski definition) is 1. The summed E-state index contributed by atoms with van der Waals surface area (Å²) in [5.74, 6) is -0.217. The second kappa shape index (κ2) is 5.83. The summed E-state index contributed by atoms with van der Waals surface area (Å²) >= 11 is 3.35. The summed E-state index contributed by atoms with van der Waals surface area (Å²) in [6.45, 7) is 3.94. The fourth-order valence-corrected chi connectivity index (χ4v) is 1.53. The zero-order valence-corrected chi connectivity index (χ0v) is 11.5. The van der Waals surface area contributed by atoms with Gasteiger partial charge in [0.25, 0.3) is 0 Å². The maximum atomic E-state index is 11.8. The molecule has 0 fully saturated rings. The average molecular weight is 295 g/mol. The third kappa shape index (κ3) is 3.57. The summed E-state index contributed by atoms with van der Waals surface area (Å²) in [5.41, 5.74) is 0.0768. The molecule has 0 radical (unpaired) electrons. The highest BCUT2D eigenvalue weighted by Crippen LogP contribution is 2.19. The lowest BCUT2D eigenvalue weighted by Gasteiger charge is -2.18. The van der Waals surface area contributed by atoms with Crippen molar-refractivity contribution < 1.29 is 4.79 Å². The lowest BCUT2D eigenvalue weighted by Crippen LogP contribution is -2.37. The quantitative estimate of drug-likeness (QED) is 0.928. The summed E-state index contributed by atoms with van der Waals surface area (Å²) in [5, 5.41) is 11.8. The van der Waals surface area contributed by atoms with Crippen molar-refractivity contribution in [1.82, 2.24) is 5.32 Å². The van der Waals surface area contributed by atoms with Gasteiger partial charge in [0.2, 0.25) is 5.91 Å². The molecule has 0 saturated carbocycles. The molecule has 0 aliphatic carbocycles. The molecule has 17 heavy (non-hydrogen) atoms. The normalized spacial score (nSPS) is 13.5. The highest BCUT2D eigenvalue weighted by Gasteiger charge is 2.30. The zero-order chi connectivity index (χ0) is 12.9. The number of nitrogens with one attached hydrogen (secondary N) is 1. The van der Waals surface area contributed by atoms with E-state index in [0.29, 0.717) is 13.0 Å². The predicted molar refractivity (Wildman–Crippen MR) is 70.0 cm³/mol. The first-order valence-corrected chi connectivity index (χ1v) is 6.25. The van der Waals surface area contributed by atoms with Crippen LogP contribution in [0.15, 0.2) is 28.7 Å². The van der Waals surface area contributed by atoms with Crippen molar-refractivity contribution in [1.29, 1.82) is 5.26 Å². The molecule has 1 amide bonds. The van der Waals surface area contributed by atoms with Gasteiger partial charge in [-0.05, 0) is 31.0 Å². The van der Waals surface area contributed by atoms with E-state index in [1.807, 2.05) is 31.2 Å². The number of carbonyl (C=O) groups is 1. The van der Waals surface area contributed by atoms with Crippen LogP contribution in [0.1, 0.15) is 25.8 Å². The molecule has 1 N–H and O–H groups in total. The summed E-state index contributed by atoms with van der Waals surface area (Å²) in [6, 6.07) is 9.76. The van der Waals surface area contributed by atoms with Crippen LogP contribution < -0.4 is 5.32 Å². The van der Waals surface area contributed by atoms with Crippen molar-refractivity contribution >= 4 is 21.8 Å². The predicted octanol–water partition coefficient (Wildman–Crippen LogP) is 3.01. The van der Waals surface area contributed by atoms with Gasteiger partial charge >= 0.3 is 0 Å². The van der Waals surface area contributed by atoms with Crippen molar-refractivity contribution in [3.63, 3.8) is 0 Å². The molecule has 0 aromatic heterocycles. The van der Waals surface area contributed by atoms with E-state index in [9.17, 15) is 4.79 Å². The SMILES string of the molecule is CCC(C)(C#N)C(=O)NCc1ccc(Br)cc1. The largest absolute Gasteiger partial charge is 0.351 e. The molecule has 1 aromatic rings. The second-order valence-electron chi connectivity index (χ2n) is 4.11. The molecule has 3 nitrogen and oxygen atoms in total. The lowest BCUT2D eigenvalue weighted by molar-refractivity contribution is -0.127.